The third kappa shape index (κ3) is 3.04. The van der Waals surface area contributed by atoms with Gasteiger partial charge in [-0.25, -0.2) is 0 Å². The second-order valence-corrected chi connectivity index (χ2v) is 4.49. The summed E-state index contributed by atoms with van der Waals surface area (Å²) in [5.74, 6) is -0.897. The van der Waals surface area contributed by atoms with Crippen molar-refractivity contribution in [2.45, 2.75) is 26.2 Å². The molecule has 0 aliphatic carbocycles. The molecule has 92 valence electrons. The van der Waals surface area contributed by atoms with Crippen molar-refractivity contribution in [3.8, 4) is 0 Å². The molecule has 0 radical (unpaired) electrons. The Morgan fingerprint density at radius 3 is 2.69 bits per heavy atom. The fourth-order valence-corrected chi connectivity index (χ4v) is 2.31. The van der Waals surface area contributed by atoms with E-state index in [0.29, 0.717) is 6.42 Å². The number of ether oxygens (including phenoxy) is 1. The van der Waals surface area contributed by atoms with Gasteiger partial charge in [0.2, 0.25) is 0 Å². The molecule has 0 saturated carbocycles. The Hall–Kier alpha value is -0.900. The summed E-state index contributed by atoms with van der Waals surface area (Å²) < 4.78 is 4.67. The van der Waals surface area contributed by atoms with E-state index < -0.39 is 5.92 Å². The van der Waals surface area contributed by atoms with Crippen molar-refractivity contribution < 1.29 is 14.3 Å². The summed E-state index contributed by atoms with van der Waals surface area (Å²) in [6.07, 6.45) is 2.47. The van der Waals surface area contributed by atoms with Crippen LogP contribution in [0.4, 0.5) is 0 Å². The van der Waals surface area contributed by atoms with Gasteiger partial charge in [0.05, 0.1) is 7.11 Å². The average Bonchev–Trinajstić information content (AvgIpc) is 2.29. The standard InChI is InChI=1S/C12H21NO3/c1-4-10(12(15)16-3)11(14)9-6-5-7-13(2)8-9/h9-10H,4-8H2,1-3H3. The van der Waals surface area contributed by atoms with Gasteiger partial charge < -0.3 is 9.64 Å². The number of likely N-dealkylation sites (tertiary alicyclic amines) is 1. The number of piperidine rings is 1. The lowest BCUT2D eigenvalue weighted by atomic mass is 9.86. The Kier molecular flexibility index (Phi) is 4.93. The van der Waals surface area contributed by atoms with Crippen LogP contribution in [0.3, 0.4) is 0 Å². The number of Topliss-reactive ketones (excluding diaryl/α,β-unsaturated/α-hetero) is 1. The smallest absolute Gasteiger partial charge is 0.316 e. The molecule has 0 N–H and O–H groups in total. The van der Waals surface area contributed by atoms with E-state index in [0.717, 1.165) is 25.9 Å². The quantitative estimate of drug-likeness (QED) is 0.533. The third-order valence-electron chi connectivity index (χ3n) is 3.26. The molecular formula is C12H21NO3. The average molecular weight is 227 g/mol. The monoisotopic (exact) mass is 227 g/mol. The van der Waals surface area contributed by atoms with Gasteiger partial charge in [0.1, 0.15) is 5.92 Å². The molecule has 2 unspecified atom stereocenters. The van der Waals surface area contributed by atoms with E-state index in [9.17, 15) is 9.59 Å². The molecule has 0 aromatic carbocycles. The zero-order valence-corrected chi connectivity index (χ0v) is 10.4. The van der Waals surface area contributed by atoms with E-state index >= 15 is 0 Å². The highest BCUT2D eigenvalue weighted by Gasteiger charge is 2.33. The number of methoxy groups -OCH3 is 1. The van der Waals surface area contributed by atoms with Crippen molar-refractivity contribution in [2.75, 3.05) is 27.2 Å². The first-order valence-corrected chi connectivity index (χ1v) is 5.90. The van der Waals surface area contributed by atoms with Gasteiger partial charge in [-0.1, -0.05) is 6.92 Å². The molecule has 4 heteroatoms. The first kappa shape index (κ1) is 13.2. The maximum absolute atomic E-state index is 12.1. The van der Waals surface area contributed by atoms with Gasteiger partial charge in [-0.05, 0) is 32.9 Å². The molecule has 2 atom stereocenters. The SMILES string of the molecule is CCC(C(=O)OC)C(=O)C1CCCN(C)C1. The molecule has 1 rings (SSSR count). The van der Waals surface area contributed by atoms with Crippen molar-refractivity contribution in [1.29, 1.82) is 0 Å². The van der Waals surface area contributed by atoms with Crippen molar-refractivity contribution in [3.63, 3.8) is 0 Å². The first-order chi connectivity index (χ1) is 7.60. The lowest BCUT2D eigenvalue weighted by Crippen LogP contribution is -2.40. The third-order valence-corrected chi connectivity index (χ3v) is 3.26. The van der Waals surface area contributed by atoms with Crippen LogP contribution < -0.4 is 0 Å². The van der Waals surface area contributed by atoms with Crippen LogP contribution in [-0.2, 0) is 14.3 Å². The molecule has 0 bridgehead atoms. The summed E-state index contributed by atoms with van der Waals surface area (Å²) in [5.41, 5.74) is 0. The van der Waals surface area contributed by atoms with Crippen molar-refractivity contribution >= 4 is 11.8 Å². The minimum absolute atomic E-state index is 0.00259. The van der Waals surface area contributed by atoms with Crippen LogP contribution in [0.15, 0.2) is 0 Å². The predicted molar refractivity (Wildman–Crippen MR) is 61.0 cm³/mol. The number of carbonyl (C=O) groups is 2. The lowest BCUT2D eigenvalue weighted by Gasteiger charge is -2.30. The van der Waals surface area contributed by atoms with Crippen LogP contribution in [0.1, 0.15) is 26.2 Å². The van der Waals surface area contributed by atoms with E-state index in [1.807, 2.05) is 14.0 Å². The Morgan fingerprint density at radius 2 is 2.19 bits per heavy atom. The highest BCUT2D eigenvalue weighted by atomic mass is 16.5. The summed E-state index contributed by atoms with van der Waals surface area (Å²) in [4.78, 5) is 25.7. The van der Waals surface area contributed by atoms with Gasteiger partial charge in [-0.2, -0.15) is 0 Å². The number of hydrogen-bond donors (Lipinski definition) is 0. The molecule has 0 aromatic rings. The van der Waals surface area contributed by atoms with Gasteiger partial charge >= 0.3 is 5.97 Å². The molecule has 0 aromatic heterocycles. The van der Waals surface area contributed by atoms with E-state index in [1.54, 1.807) is 0 Å². The second kappa shape index (κ2) is 5.99. The van der Waals surface area contributed by atoms with Gasteiger partial charge in [0, 0.05) is 12.5 Å². The van der Waals surface area contributed by atoms with Crippen LogP contribution in [0.2, 0.25) is 0 Å². The van der Waals surface area contributed by atoms with Gasteiger partial charge in [-0.3, -0.25) is 9.59 Å². The highest BCUT2D eigenvalue weighted by Crippen LogP contribution is 2.21. The van der Waals surface area contributed by atoms with Crippen molar-refractivity contribution in [1.82, 2.24) is 4.90 Å². The van der Waals surface area contributed by atoms with Crippen LogP contribution in [0.25, 0.3) is 0 Å². The molecule has 1 aliphatic heterocycles. The summed E-state index contributed by atoms with van der Waals surface area (Å²) in [6.45, 7) is 3.66. The number of carbonyl (C=O) groups excluding carboxylic acids is 2. The number of ketones is 1. The van der Waals surface area contributed by atoms with Crippen LogP contribution in [0, 0.1) is 11.8 Å². The van der Waals surface area contributed by atoms with E-state index in [2.05, 4.69) is 9.64 Å². The molecule has 1 fully saturated rings. The number of hydrogen-bond acceptors (Lipinski definition) is 4. The van der Waals surface area contributed by atoms with Gasteiger partial charge in [0.15, 0.2) is 5.78 Å². The number of esters is 1. The largest absolute Gasteiger partial charge is 0.468 e. The second-order valence-electron chi connectivity index (χ2n) is 4.49. The molecule has 16 heavy (non-hydrogen) atoms. The Morgan fingerprint density at radius 1 is 1.50 bits per heavy atom. The first-order valence-electron chi connectivity index (χ1n) is 5.90. The fraction of sp³-hybridized carbons (Fsp3) is 0.833. The molecule has 1 aliphatic rings. The minimum atomic E-state index is -0.568. The molecule has 4 nitrogen and oxygen atoms in total. The Balaban J connectivity index is 2.63. The predicted octanol–water partition coefficient (Wildman–Crippen LogP) is 1.10. The highest BCUT2D eigenvalue weighted by molar-refractivity contribution is 6.00. The normalized spacial score (nSPS) is 23.8. The number of rotatable bonds is 4. The van der Waals surface area contributed by atoms with E-state index in [1.165, 1.54) is 7.11 Å². The van der Waals surface area contributed by atoms with E-state index in [4.69, 9.17) is 0 Å². The summed E-state index contributed by atoms with van der Waals surface area (Å²) >= 11 is 0. The molecule has 1 heterocycles. The van der Waals surface area contributed by atoms with Gasteiger partial charge in [-0.15, -0.1) is 0 Å². The van der Waals surface area contributed by atoms with Crippen molar-refractivity contribution in [2.24, 2.45) is 11.8 Å². The molecule has 0 spiro atoms. The Labute approximate surface area is 96.9 Å². The molecule has 0 amide bonds. The van der Waals surface area contributed by atoms with Crippen LogP contribution in [-0.4, -0.2) is 43.9 Å². The maximum atomic E-state index is 12.1. The summed E-state index contributed by atoms with van der Waals surface area (Å²) in [6, 6.07) is 0. The van der Waals surface area contributed by atoms with Gasteiger partial charge in [0.25, 0.3) is 0 Å². The number of nitrogens with zero attached hydrogens (tertiary/aromatic N) is 1. The summed E-state index contributed by atoms with van der Waals surface area (Å²) in [7, 11) is 3.35. The van der Waals surface area contributed by atoms with Crippen LogP contribution in [0.5, 0.6) is 0 Å². The zero-order valence-electron chi connectivity index (χ0n) is 10.4. The minimum Gasteiger partial charge on any atom is -0.468 e. The maximum Gasteiger partial charge on any atom is 0.316 e. The molecule has 1 saturated heterocycles. The topological polar surface area (TPSA) is 46.6 Å². The fourth-order valence-electron chi connectivity index (χ4n) is 2.31. The van der Waals surface area contributed by atoms with Crippen molar-refractivity contribution in [3.05, 3.63) is 0 Å². The van der Waals surface area contributed by atoms with Crippen LogP contribution >= 0.6 is 0 Å². The summed E-state index contributed by atoms with van der Waals surface area (Å²) in [5, 5.41) is 0. The van der Waals surface area contributed by atoms with E-state index in [-0.39, 0.29) is 17.7 Å². The zero-order chi connectivity index (χ0) is 12.1. The Bertz CT molecular complexity index is 265. The molecular weight excluding hydrogens is 206 g/mol. The lowest BCUT2D eigenvalue weighted by molar-refractivity contribution is -0.151.